The Hall–Kier alpha value is -0.690. The molecule has 0 atom stereocenters. The Morgan fingerprint density at radius 3 is 2.78 bits per heavy atom. The van der Waals surface area contributed by atoms with Crippen molar-refractivity contribution in [3.05, 3.63) is 35.6 Å². The van der Waals surface area contributed by atoms with Crippen molar-refractivity contribution < 1.29 is 0 Å². The molecular formula is C12H20ClIN4. The molecule has 6 heteroatoms. The zero-order valence-corrected chi connectivity index (χ0v) is 14.1. The van der Waals surface area contributed by atoms with Gasteiger partial charge in [0.15, 0.2) is 5.96 Å². The molecule has 1 rings (SSSR count). The first-order chi connectivity index (χ1) is 8.08. The normalized spacial score (nSPS) is 10.8. The average Bonchev–Trinajstić information content (AvgIpc) is 2.58. The van der Waals surface area contributed by atoms with E-state index in [0.29, 0.717) is 6.54 Å². The molecule has 0 aromatic carbocycles. The highest BCUT2D eigenvalue weighted by molar-refractivity contribution is 14.0. The second-order valence-corrected chi connectivity index (χ2v) is 4.27. The van der Waals surface area contributed by atoms with Crippen LogP contribution < -0.4 is 5.32 Å². The van der Waals surface area contributed by atoms with Crippen molar-refractivity contribution in [3.63, 3.8) is 0 Å². The lowest BCUT2D eigenvalue weighted by molar-refractivity contribution is 0.465. The van der Waals surface area contributed by atoms with Gasteiger partial charge in [-0.2, -0.15) is 0 Å². The molecule has 0 aliphatic heterocycles. The molecule has 1 heterocycles. The van der Waals surface area contributed by atoms with Crippen LogP contribution in [0, 0.1) is 0 Å². The Balaban J connectivity index is 0.00000289. The molecule has 4 nitrogen and oxygen atoms in total. The van der Waals surface area contributed by atoms with Gasteiger partial charge >= 0.3 is 0 Å². The molecule has 0 saturated carbocycles. The van der Waals surface area contributed by atoms with Gasteiger partial charge in [0.2, 0.25) is 0 Å². The number of hydrogen-bond acceptors (Lipinski definition) is 1. The molecule has 0 spiro atoms. The highest BCUT2D eigenvalue weighted by Crippen LogP contribution is 2.14. The topological polar surface area (TPSA) is 32.6 Å². The lowest BCUT2D eigenvalue weighted by atomic mass is 10.4. The van der Waals surface area contributed by atoms with E-state index in [1.165, 1.54) is 0 Å². The largest absolute Gasteiger partial charge is 0.353 e. The van der Waals surface area contributed by atoms with Gasteiger partial charge in [0, 0.05) is 39.6 Å². The van der Waals surface area contributed by atoms with Crippen molar-refractivity contribution in [2.75, 3.05) is 20.6 Å². The van der Waals surface area contributed by atoms with Crippen LogP contribution in [0.4, 0.5) is 0 Å². The van der Waals surface area contributed by atoms with Crippen LogP contribution in [0.5, 0.6) is 0 Å². The summed E-state index contributed by atoms with van der Waals surface area (Å²) in [5.41, 5.74) is 1.14. The lowest BCUT2D eigenvalue weighted by Gasteiger charge is -2.21. The zero-order chi connectivity index (χ0) is 12.8. The highest BCUT2D eigenvalue weighted by Gasteiger charge is 2.08. The molecular weight excluding hydrogens is 363 g/mol. The number of halogens is 2. The molecule has 1 aromatic heterocycles. The van der Waals surface area contributed by atoms with Crippen LogP contribution >= 0.6 is 35.6 Å². The standard InChI is InChI=1S/C12H19ClN4.HI/c1-5-6-15-12(14-2)17(4)9-11-7-10(13)8-16(11)3;/h5,7-8H,1,6,9H2,2-4H3,(H,14,15);1H. The summed E-state index contributed by atoms with van der Waals surface area (Å²) in [7, 11) is 5.73. The van der Waals surface area contributed by atoms with E-state index in [2.05, 4.69) is 16.9 Å². The molecule has 0 aliphatic carbocycles. The lowest BCUT2D eigenvalue weighted by Crippen LogP contribution is -2.38. The predicted octanol–water partition coefficient (Wildman–Crippen LogP) is 2.49. The van der Waals surface area contributed by atoms with Crippen LogP contribution in [0.25, 0.3) is 0 Å². The van der Waals surface area contributed by atoms with Crippen molar-refractivity contribution in [2.45, 2.75) is 6.54 Å². The summed E-state index contributed by atoms with van der Waals surface area (Å²) in [6.07, 6.45) is 3.70. The van der Waals surface area contributed by atoms with Crippen LogP contribution in [0.15, 0.2) is 29.9 Å². The summed E-state index contributed by atoms with van der Waals surface area (Å²) in [5.74, 6) is 0.835. The van der Waals surface area contributed by atoms with Gasteiger partial charge in [-0.1, -0.05) is 17.7 Å². The first-order valence-electron chi connectivity index (χ1n) is 5.42. The highest BCUT2D eigenvalue weighted by atomic mass is 127. The van der Waals surface area contributed by atoms with Gasteiger partial charge in [-0.05, 0) is 6.07 Å². The zero-order valence-electron chi connectivity index (χ0n) is 11.0. The Bertz CT molecular complexity index is 414. The molecule has 0 amide bonds. The van der Waals surface area contributed by atoms with Gasteiger partial charge in [-0.3, -0.25) is 4.99 Å². The smallest absolute Gasteiger partial charge is 0.193 e. The second-order valence-electron chi connectivity index (χ2n) is 3.83. The number of rotatable bonds is 4. The second kappa shape index (κ2) is 8.42. The minimum atomic E-state index is 0. The van der Waals surface area contributed by atoms with Crippen LogP contribution in [0.3, 0.4) is 0 Å². The number of aryl methyl sites for hydroxylation is 1. The Kier molecular flexibility index (Phi) is 8.10. The summed E-state index contributed by atoms with van der Waals surface area (Å²) in [4.78, 5) is 6.24. The van der Waals surface area contributed by atoms with Crippen LogP contribution in [-0.2, 0) is 13.6 Å². The van der Waals surface area contributed by atoms with Gasteiger partial charge in [-0.25, -0.2) is 0 Å². The number of guanidine groups is 1. The summed E-state index contributed by atoms with van der Waals surface area (Å²) < 4.78 is 2.01. The van der Waals surface area contributed by atoms with Gasteiger partial charge in [-0.15, -0.1) is 30.6 Å². The first-order valence-corrected chi connectivity index (χ1v) is 5.79. The molecule has 0 saturated heterocycles. The van der Waals surface area contributed by atoms with Gasteiger partial charge < -0.3 is 14.8 Å². The van der Waals surface area contributed by atoms with Crippen molar-refractivity contribution >= 4 is 41.5 Å². The average molecular weight is 383 g/mol. The Morgan fingerprint density at radius 2 is 2.33 bits per heavy atom. The fourth-order valence-corrected chi connectivity index (χ4v) is 1.86. The van der Waals surface area contributed by atoms with E-state index >= 15 is 0 Å². The number of aliphatic imine (C=N–C) groups is 1. The molecule has 102 valence electrons. The molecule has 0 unspecified atom stereocenters. The van der Waals surface area contributed by atoms with E-state index in [1.54, 1.807) is 13.1 Å². The molecule has 0 fully saturated rings. The molecule has 18 heavy (non-hydrogen) atoms. The van der Waals surface area contributed by atoms with E-state index in [-0.39, 0.29) is 24.0 Å². The maximum atomic E-state index is 5.95. The van der Waals surface area contributed by atoms with Crippen LogP contribution in [0.2, 0.25) is 5.02 Å². The van der Waals surface area contributed by atoms with Crippen molar-refractivity contribution in [3.8, 4) is 0 Å². The minimum Gasteiger partial charge on any atom is -0.353 e. The monoisotopic (exact) mass is 382 g/mol. The third-order valence-corrected chi connectivity index (χ3v) is 2.66. The van der Waals surface area contributed by atoms with Gasteiger partial charge in [0.25, 0.3) is 0 Å². The first kappa shape index (κ1) is 17.3. The summed E-state index contributed by atoms with van der Waals surface area (Å²) in [6, 6.07) is 1.96. The van der Waals surface area contributed by atoms with E-state index in [4.69, 9.17) is 11.6 Å². The van der Waals surface area contributed by atoms with Crippen molar-refractivity contribution in [2.24, 2.45) is 12.0 Å². The van der Waals surface area contributed by atoms with Crippen LogP contribution in [-0.4, -0.2) is 36.1 Å². The Labute approximate surface area is 131 Å². The van der Waals surface area contributed by atoms with Crippen molar-refractivity contribution in [1.82, 2.24) is 14.8 Å². The van der Waals surface area contributed by atoms with E-state index in [1.807, 2.05) is 35.8 Å². The molecule has 1 N–H and O–H groups in total. The third-order valence-electron chi connectivity index (χ3n) is 2.45. The number of nitrogens with one attached hydrogen (secondary N) is 1. The summed E-state index contributed by atoms with van der Waals surface area (Å²) in [6.45, 7) is 5.12. The van der Waals surface area contributed by atoms with Crippen molar-refractivity contribution in [1.29, 1.82) is 0 Å². The maximum Gasteiger partial charge on any atom is 0.193 e. The predicted molar refractivity (Wildman–Crippen MR) is 88.9 cm³/mol. The minimum absolute atomic E-state index is 0. The number of aromatic nitrogens is 1. The van der Waals surface area contributed by atoms with Crippen LogP contribution in [0.1, 0.15) is 5.69 Å². The quantitative estimate of drug-likeness (QED) is 0.376. The third kappa shape index (κ3) is 4.89. The number of nitrogens with zero attached hydrogens (tertiary/aromatic N) is 3. The van der Waals surface area contributed by atoms with Gasteiger partial charge in [0.1, 0.15) is 0 Å². The summed E-state index contributed by atoms with van der Waals surface area (Å²) in [5, 5.41) is 3.94. The van der Waals surface area contributed by atoms with E-state index in [0.717, 1.165) is 23.2 Å². The fraction of sp³-hybridized carbons (Fsp3) is 0.417. The molecule has 0 bridgehead atoms. The Morgan fingerprint density at radius 1 is 1.67 bits per heavy atom. The summed E-state index contributed by atoms with van der Waals surface area (Å²) >= 11 is 5.95. The van der Waals surface area contributed by atoms with Gasteiger partial charge in [0.05, 0.1) is 11.6 Å². The SMILES string of the molecule is C=CCNC(=NC)N(C)Cc1cc(Cl)cn1C.I. The van der Waals surface area contributed by atoms with E-state index < -0.39 is 0 Å². The molecule has 1 aromatic rings. The number of hydrogen-bond donors (Lipinski definition) is 1. The maximum absolute atomic E-state index is 5.95. The fourth-order valence-electron chi connectivity index (χ4n) is 1.59. The van der Waals surface area contributed by atoms with E-state index in [9.17, 15) is 0 Å². The molecule has 0 radical (unpaired) electrons. The molecule has 0 aliphatic rings.